The molecule has 3 rings (SSSR count). The SMILES string of the molecule is COCCN(C)CC1CC(c2ccc(C(F)(F)F)cc2)CN(C(=O)N2CCOCC2)C1. The summed E-state index contributed by atoms with van der Waals surface area (Å²) < 4.78 is 49.4. The van der Waals surface area contributed by atoms with E-state index in [2.05, 4.69) is 4.90 Å². The zero-order valence-corrected chi connectivity index (χ0v) is 18.2. The predicted molar refractivity (Wildman–Crippen MR) is 111 cm³/mol. The third kappa shape index (κ3) is 6.57. The third-order valence-corrected chi connectivity index (χ3v) is 6.05. The minimum absolute atomic E-state index is 0.00171. The fraction of sp³-hybridized carbons (Fsp3) is 0.682. The molecule has 2 fully saturated rings. The molecule has 0 saturated carbocycles. The van der Waals surface area contributed by atoms with Crippen LogP contribution in [-0.4, -0.2) is 94.0 Å². The van der Waals surface area contributed by atoms with Gasteiger partial charge < -0.3 is 24.2 Å². The lowest BCUT2D eigenvalue weighted by molar-refractivity contribution is -0.137. The van der Waals surface area contributed by atoms with Gasteiger partial charge in [-0.2, -0.15) is 13.2 Å². The van der Waals surface area contributed by atoms with Gasteiger partial charge in [-0.1, -0.05) is 12.1 Å². The molecule has 0 aromatic heterocycles. The van der Waals surface area contributed by atoms with E-state index in [1.165, 1.54) is 0 Å². The largest absolute Gasteiger partial charge is 0.416 e. The van der Waals surface area contributed by atoms with Crippen molar-refractivity contribution in [2.45, 2.75) is 18.5 Å². The number of urea groups is 1. The molecule has 9 heteroatoms. The normalized spacial score (nSPS) is 22.8. The zero-order valence-electron chi connectivity index (χ0n) is 18.2. The number of nitrogens with zero attached hydrogens (tertiary/aromatic N) is 3. The summed E-state index contributed by atoms with van der Waals surface area (Å²) in [5, 5.41) is 0. The molecule has 1 aromatic carbocycles. The number of rotatable bonds is 6. The van der Waals surface area contributed by atoms with E-state index in [0.29, 0.717) is 46.0 Å². The number of carbonyl (C=O) groups excluding carboxylic acids is 1. The van der Waals surface area contributed by atoms with Gasteiger partial charge >= 0.3 is 12.2 Å². The van der Waals surface area contributed by atoms with E-state index < -0.39 is 11.7 Å². The molecule has 2 aliphatic heterocycles. The highest BCUT2D eigenvalue weighted by molar-refractivity contribution is 5.74. The highest BCUT2D eigenvalue weighted by atomic mass is 19.4. The molecule has 0 N–H and O–H groups in total. The van der Waals surface area contributed by atoms with Crippen molar-refractivity contribution in [1.29, 1.82) is 0 Å². The number of amides is 2. The number of hydrogen-bond donors (Lipinski definition) is 0. The number of alkyl halides is 3. The highest BCUT2D eigenvalue weighted by Crippen LogP contribution is 2.34. The van der Waals surface area contributed by atoms with E-state index in [-0.39, 0.29) is 17.9 Å². The summed E-state index contributed by atoms with van der Waals surface area (Å²) in [6.07, 6.45) is -3.52. The molecule has 0 aliphatic carbocycles. The molecule has 0 spiro atoms. The van der Waals surface area contributed by atoms with E-state index in [1.807, 2.05) is 16.8 Å². The highest BCUT2D eigenvalue weighted by Gasteiger charge is 2.35. The maximum absolute atomic E-state index is 13.1. The van der Waals surface area contributed by atoms with Crippen molar-refractivity contribution in [2.75, 3.05) is 73.2 Å². The Labute approximate surface area is 181 Å². The molecule has 0 radical (unpaired) electrons. The number of morpholine rings is 1. The van der Waals surface area contributed by atoms with Gasteiger partial charge in [0.25, 0.3) is 0 Å². The van der Waals surface area contributed by atoms with Crippen molar-refractivity contribution in [3.05, 3.63) is 35.4 Å². The molecule has 174 valence electrons. The Morgan fingerprint density at radius 2 is 1.84 bits per heavy atom. The zero-order chi connectivity index (χ0) is 22.4. The molecular weight excluding hydrogens is 411 g/mol. The second kappa shape index (κ2) is 10.7. The summed E-state index contributed by atoms with van der Waals surface area (Å²) in [6.45, 7) is 5.57. The van der Waals surface area contributed by atoms with Crippen molar-refractivity contribution < 1.29 is 27.4 Å². The number of piperidine rings is 1. The van der Waals surface area contributed by atoms with E-state index >= 15 is 0 Å². The first-order valence-electron chi connectivity index (χ1n) is 10.7. The number of methoxy groups -OCH3 is 1. The molecule has 0 bridgehead atoms. The molecule has 2 aliphatic rings. The number of benzene rings is 1. The maximum Gasteiger partial charge on any atom is 0.416 e. The average molecular weight is 444 g/mol. The van der Waals surface area contributed by atoms with Crippen LogP contribution in [0, 0.1) is 5.92 Å². The van der Waals surface area contributed by atoms with Crippen LogP contribution in [0.4, 0.5) is 18.0 Å². The molecular formula is C22H32F3N3O3. The van der Waals surface area contributed by atoms with Gasteiger partial charge in [0.2, 0.25) is 0 Å². The average Bonchev–Trinajstić information content (AvgIpc) is 2.77. The van der Waals surface area contributed by atoms with Gasteiger partial charge in [0.15, 0.2) is 0 Å². The minimum atomic E-state index is -4.35. The number of likely N-dealkylation sites (N-methyl/N-ethyl adjacent to an activating group) is 1. The molecule has 6 nitrogen and oxygen atoms in total. The molecule has 2 amide bonds. The quantitative estimate of drug-likeness (QED) is 0.678. The summed E-state index contributed by atoms with van der Waals surface area (Å²) in [5.41, 5.74) is 0.196. The fourth-order valence-electron chi connectivity index (χ4n) is 4.41. The van der Waals surface area contributed by atoms with Crippen molar-refractivity contribution in [2.24, 2.45) is 5.92 Å². The van der Waals surface area contributed by atoms with Gasteiger partial charge in [0.05, 0.1) is 25.4 Å². The molecule has 2 atom stereocenters. The summed E-state index contributed by atoms with van der Waals surface area (Å²) in [6, 6.07) is 5.38. The summed E-state index contributed by atoms with van der Waals surface area (Å²) in [7, 11) is 3.69. The van der Waals surface area contributed by atoms with E-state index in [9.17, 15) is 18.0 Å². The molecule has 2 unspecified atom stereocenters. The van der Waals surface area contributed by atoms with Gasteiger partial charge in [-0.3, -0.25) is 0 Å². The lowest BCUT2D eigenvalue weighted by Crippen LogP contribution is -2.53. The summed E-state index contributed by atoms with van der Waals surface area (Å²) in [5.74, 6) is 0.231. The number of halogens is 3. The first kappa shape index (κ1) is 23.8. The van der Waals surface area contributed by atoms with Gasteiger partial charge in [-0.25, -0.2) is 4.79 Å². The molecule has 2 saturated heterocycles. The topological polar surface area (TPSA) is 45.2 Å². The van der Waals surface area contributed by atoms with Crippen LogP contribution >= 0.6 is 0 Å². The van der Waals surface area contributed by atoms with Gasteiger partial charge in [0, 0.05) is 52.3 Å². The monoisotopic (exact) mass is 443 g/mol. The van der Waals surface area contributed by atoms with Crippen LogP contribution < -0.4 is 0 Å². The Morgan fingerprint density at radius 3 is 2.45 bits per heavy atom. The Hall–Kier alpha value is -1.84. The van der Waals surface area contributed by atoms with Crippen LogP contribution in [-0.2, 0) is 15.7 Å². The number of likely N-dealkylation sites (tertiary alicyclic amines) is 1. The van der Waals surface area contributed by atoms with E-state index in [1.54, 1.807) is 19.2 Å². The first-order valence-corrected chi connectivity index (χ1v) is 10.7. The minimum Gasteiger partial charge on any atom is -0.383 e. The first-order chi connectivity index (χ1) is 14.8. The van der Waals surface area contributed by atoms with Crippen molar-refractivity contribution >= 4 is 6.03 Å². The van der Waals surface area contributed by atoms with Crippen LogP contribution in [0.2, 0.25) is 0 Å². The summed E-state index contributed by atoms with van der Waals surface area (Å²) in [4.78, 5) is 19.0. The van der Waals surface area contributed by atoms with Crippen molar-refractivity contribution in [3.8, 4) is 0 Å². The Morgan fingerprint density at radius 1 is 1.16 bits per heavy atom. The van der Waals surface area contributed by atoms with E-state index in [0.717, 1.165) is 37.2 Å². The number of hydrogen-bond acceptors (Lipinski definition) is 4. The Kier molecular flexibility index (Phi) is 8.18. The lowest BCUT2D eigenvalue weighted by atomic mass is 9.84. The van der Waals surface area contributed by atoms with Crippen LogP contribution in [0.15, 0.2) is 24.3 Å². The lowest BCUT2D eigenvalue weighted by Gasteiger charge is -2.42. The smallest absolute Gasteiger partial charge is 0.383 e. The molecule has 31 heavy (non-hydrogen) atoms. The number of ether oxygens (including phenoxy) is 2. The van der Waals surface area contributed by atoms with Gasteiger partial charge in [-0.15, -0.1) is 0 Å². The molecule has 1 aromatic rings. The second-order valence-electron chi connectivity index (χ2n) is 8.46. The fourth-order valence-corrected chi connectivity index (χ4v) is 4.41. The standard InChI is InChI=1S/C22H32F3N3O3/c1-26(7-10-30-2)14-17-13-19(18-3-5-20(6-4-18)22(23,24)25)16-28(15-17)21(29)27-8-11-31-12-9-27/h3-6,17,19H,7-16H2,1-2H3. The predicted octanol–water partition coefficient (Wildman–Crippen LogP) is 3.14. The summed E-state index contributed by atoms with van der Waals surface area (Å²) >= 11 is 0. The molecule has 2 heterocycles. The van der Waals surface area contributed by atoms with Crippen molar-refractivity contribution in [3.63, 3.8) is 0 Å². The van der Waals surface area contributed by atoms with Crippen LogP contribution in [0.5, 0.6) is 0 Å². The second-order valence-corrected chi connectivity index (χ2v) is 8.46. The third-order valence-electron chi connectivity index (χ3n) is 6.05. The maximum atomic E-state index is 13.1. The van der Waals surface area contributed by atoms with Crippen molar-refractivity contribution in [1.82, 2.24) is 14.7 Å². The Bertz CT molecular complexity index is 708. The van der Waals surface area contributed by atoms with E-state index in [4.69, 9.17) is 9.47 Å². The van der Waals surface area contributed by atoms with Crippen LogP contribution in [0.3, 0.4) is 0 Å². The van der Waals surface area contributed by atoms with Crippen LogP contribution in [0.25, 0.3) is 0 Å². The number of carbonyl (C=O) groups is 1. The van der Waals surface area contributed by atoms with Crippen LogP contribution in [0.1, 0.15) is 23.5 Å². The van der Waals surface area contributed by atoms with Gasteiger partial charge in [0.1, 0.15) is 0 Å². The van der Waals surface area contributed by atoms with Gasteiger partial charge in [-0.05, 0) is 37.1 Å². The Balaban J connectivity index is 1.74.